The van der Waals surface area contributed by atoms with Gasteiger partial charge in [-0.15, -0.1) is 0 Å². The molecule has 1 amide bonds. The van der Waals surface area contributed by atoms with Gasteiger partial charge >= 0.3 is 0 Å². The summed E-state index contributed by atoms with van der Waals surface area (Å²) in [7, 11) is 3.25. The van der Waals surface area contributed by atoms with Crippen LogP contribution in [-0.4, -0.2) is 57.4 Å². The molecule has 0 saturated carbocycles. The van der Waals surface area contributed by atoms with Crippen LogP contribution < -0.4 is 4.74 Å². The molecule has 1 aliphatic heterocycles. The van der Waals surface area contributed by atoms with E-state index in [0.717, 1.165) is 13.0 Å². The van der Waals surface area contributed by atoms with Crippen molar-refractivity contribution < 1.29 is 19.0 Å². The SMILES string of the molecule is COCCOC1CCN(C(=O)c2cccc(OC)c2)C1. The molecule has 1 saturated heterocycles. The van der Waals surface area contributed by atoms with Crippen molar-refractivity contribution in [2.75, 3.05) is 40.5 Å². The Kier molecular flexibility index (Phi) is 5.38. The summed E-state index contributed by atoms with van der Waals surface area (Å²) in [4.78, 5) is 14.2. The molecule has 5 heteroatoms. The summed E-state index contributed by atoms with van der Waals surface area (Å²) >= 11 is 0. The van der Waals surface area contributed by atoms with Crippen LogP contribution in [0.25, 0.3) is 0 Å². The summed E-state index contributed by atoms with van der Waals surface area (Å²) in [6.45, 7) is 2.52. The molecule has 1 unspecified atom stereocenters. The van der Waals surface area contributed by atoms with Crippen LogP contribution in [0, 0.1) is 0 Å². The minimum Gasteiger partial charge on any atom is -0.497 e. The van der Waals surface area contributed by atoms with Gasteiger partial charge in [0.2, 0.25) is 0 Å². The molecule has 1 fully saturated rings. The summed E-state index contributed by atoms with van der Waals surface area (Å²) in [6, 6.07) is 7.23. The zero-order valence-electron chi connectivity index (χ0n) is 12.0. The van der Waals surface area contributed by atoms with Crippen molar-refractivity contribution in [2.45, 2.75) is 12.5 Å². The number of amides is 1. The van der Waals surface area contributed by atoms with Crippen molar-refractivity contribution in [3.8, 4) is 5.75 Å². The lowest BCUT2D eigenvalue weighted by atomic mass is 10.2. The number of ether oxygens (including phenoxy) is 3. The summed E-state index contributed by atoms with van der Waals surface area (Å²) in [5, 5.41) is 0. The number of methoxy groups -OCH3 is 2. The van der Waals surface area contributed by atoms with Gasteiger partial charge in [0.05, 0.1) is 26.4 Å². The van der Waals surface area contributed by atoms with E-state index in [1.165, 1.54) is 0 Å². The van der Waals surface area contributed by atoms with E-state index >= 15 is 0 Å². The number of hydrogen-bond donors (Lipinski definition) is 0. The predicted molar refractivity (Wildman–Crippen MR) is 75.1 cm³/mol. The fraction of sp³-hybridized carbons (Fsp3) is 0.533. The van der Waals surface area contributed by atoms with E-state index in [4.69, 9.17) is 14.2 Å². The summed E-state index contributed by atoms with van der Waals surface area (Å²) in [5.74, 6) is 0.727. The lowest BCUT2D eigenvalue weighted by Crippen LogP contribution is -2.30. The van der Waals surface area contributed by atoms with Crippen LogP contribution in [0.3, 0.4) is 0 Å². The molecule has 110 valence electrons. The normalized spacial score (nSPS) is 18.3. The molecule has 0 spiro atoms. The van der Waals surface area contributed by atoms with Gasteiger partial charge in [-0.05, 0) is 24.6 Å². The molecular weight excluding hydrogens is 258 g/mol. The van der Waals surface area contributed by atoms with E-state index in [0.29, 0.717) is 31.1 Å². The Balaban J connectivity index is 1.90. The third-order valence-corrected chi connectivity index (χ3v) is 3.39. The first-order valence-corrected chi connectivity index (χ1v) is 6.78. The van der Waals surface area contributed by atoms with Gasteiger partial charge in [0, 0.05) is 25.8 Å². The highest BCUT2D eigenvalue weighted by Gasteiger charge is 2.27. The van der Waals surface area contributed by atoms with Crippen molar-refractivity contribution in [3.63, 3.8) is 0 Å². The smallest absolute Gasteiger partial charge is 0.254 e. The minimum atomic E-state index is 0.0294. The van der Waals surface area contributed by atoms with Gasteiger partial charge in [-0.3, -0.25) is 4.79 Å². The molecule has 1 aliphatic rings. The van der Waals surface area contributed by atoms with Crippen molar-refractivity contribution >= 4 is 5.91 Å². The average Bonchev–Trinajstić information content (AvgIpc) is 2.95. The third-order valence-electron chi connectivity index (χ3n) is 3.39. The Hall–Kier alpha value is -1.59. The molecule has 1 aromatic carbocycles. The van der Waals surface area contributed by atoms with Crippen LogP contribution in [-0.2, 0) is 9.47 Å². The van der Waals surface area contributed by atoms with Crippen LogP contribution in [0.1, 0.15) is 16.8 Å². The lowest BCUT2D eigenvalue weighted by molar-refractivity contribution is 0.0218. The molecule has 1 heterocycles. The van der Waals surface area contributed by atoms with Gasteiger partial charge in [-0.25, -0.2) is 0 Å². The molecule has 0 N–H and O–H groups in total. The van der Waals surface area contributed by atoms with E-state index in [9.17, 15) is 4.79 Å². The van der Waals surface area contributed by atoms with Crippen molar-refractivity contribution in [3.05, 3.63) is 29.8 Å². The van der Waals surface area contributed by atoms with Crippen molar-refractivity contribution in [1.82, 2.24) is 4.90 Å². The molecule has 0 aliphatic carbocycles. The zero-order chi connectivity index (χ0) is 14.4. The largest absolute Gasteiger partial charge is 0.497 e. The van der Waals surface area contributed by atoms with Crippen LogP contribution in [0.5, 0.6) is 5.75 Å². The highest BCUT2D eigenvalue weighted by molar-refractivity contribution is 5.94. The number of carbonyl (C=O) groups is 1. The van der Waals surface area contributed by atoms with Gasteiger partial charge < -0.3 is 19.1 Å². The molecule has 5 nitrogen and oxygen atoms in total. The fourth-order valence-electron chi connectivity index (χ4n) is 2.29. The standard InChI is InChI=1S/C15H21NO4/c1-18-8-9-20-14-6-7-16(11-14)15(17)12-4-3-5-13(10-12)19-2/h3-5,10,14H,6-9,11H2,1-2H3. The van der Waals surface area contributed by atoms with Crippen LogP contribution in [0.4, 0.5) is 0 Å². The topological polar surface area (TPSA) is 48.0 Å². The molecule has 20 heavy (non-hydrogen) atoms. The quantitative estimate of drug-likeness (QED) is 0.742. The van der Waals surface area contributed by atoms with Crippen LogP contribution >= 0.6 is 0 Å². The fourth-order valence-corrected chi connectivity index (χ4v) is 2.29. The maximum absolute atomic E-state index is 12.4. The molecule has 1 aromatic rings. The minimum absolute atomic E-state index is 0.0294. The van der Waals surface area contributed by atoms with Crippen molar-refractivity contribution in [2.24, 2.45) is 0 Å². The molecule has 1 atom stereocenters. The molecule has 2 rings (SSSR count). The highest BCUT2D eigenvalue weighted by Crippen LogP contribution is 2.19. The Labute approximate surface area is 119 Å². The van der Waals surface area contributed by atoms with Gasteiger partial charge in [0.1, 0.15) is 5.75 Å². The average molecular weight is 279 g/mol. The first-order valence-electron chi connectivity index (χ1n) is 6.78. The summed E-state index contributed by atoms with van der Waals surface area (Å²) in [5.41, 5.74) is 0.655. The number of hydrogen-bond acceptors (Lipinski definition) is 4. The van der Waals surface area contributed by atoms with E-state index in [-0.39, 0.29) is 12.0 Å². The molecule has 0 aromatic heterocycles. The predicted octanol–water partition coefficient (Wildman–Crippen LogP) is 1.57. The monoisotopic (exact) mass is 279 g/mol. The molecule has 0 bridgehead atoms. The molecular formula is C15H21NO4. The van der Waals surface area contributed by atoms with E-state index < -0.39 is 0 Å². The number of likely N-dealkylation sites (tertiary alicyclic amines) is 1. The lowest BCUT2D eigenvalue weighted by Gasteiger charge is -2.17. The van der Waals surface area contributed by atoms with E-state index in [2.05, 4.69) is 0 Å². The van der Waals surface area contributed by atoms with Crippen molar-refractivity contribution in [1.29, 1.82) is 0 Å². The number of nitrogens with zero attached hydrogens (tertiary/aromatic N) is 1. The maximum Gasteiger partial charge on any atom is 0.254 e. The number of benzene rings is 1. The Morgan fingerprint density at radius 2 is 2.20 bits per heavy atom. The number of carbonyl (C=O) groups excluding carboxylic acids is 1. The molecule has 0 radical (unpaired) electrons. The second-order valence-electron chi connectivity index (χ2n) is 4.76. The van der Waals surface area contributed by atoms with Crippen LogP contribution in [0.2, 0.25) is 0 Å². The van der Waals surface area contributed by atoms with Gasteiger partial charge in [0.15, 0.2) is 0 Å². The van der Waals surface area contributed by atoms with Gasteiger partial charge in [-0.1, -0.05) is 6.07 Å². The second-order valence-corrected chi connectivity index (χ2v) is 4.76. The van der Waals surface area contributed by atoms with E-state index in [1.807, 2.05) is 23.1 Å². The second kappa shape index (κ2) is 7.26. The summed E-state index contributed by atoms with van der Waals surface area (Å²) in [6.07, 6.45) is 0.985. The first kappa shape index (κ1) is 14.8. The Morgan fingerprint density at radius 1 is 1.35 bits per heavy atom. The Bertz CT molecular complexity index is 449. The Morgan fingerprint density at radius 3 is 2.95 bits per heavy atom. The maximum atomic E-state index is 12.4. The third kappa shape index (κ3) is 3.71. The van der Waals surface area contributed by atoms with E-state index in [1.54, 1.807) is 20.3 Å². The first-order chi connectivity index (χ1) is 9.74. The van der Waals surface area contributed by atoms with Crippen LogP contribution in [0.15, 0.2) is 24.3 Å². The summed E-state index contributed by atoms with van der Waals surface area (Å²) < 4.78 is 15.8. The van der Waals surface area contributed by atoms with Gasteiger partial charge in [0.25, 0.3) is 5.91 Å². The zero-order valence-corrected chi connectivity index (χ0v) is 12.0. The number of rotatable bonds is 6. The van der Waals surface area contributed by atoms with Gasteiger partial charge in [-0.2, -0.15) is 0 Å². The highest BCUT2D eigenvalue weighted by atomic mass is 16.5.